The molecule has 1 fully saturated rings. The minimum atomic E-state index is 0.441. The molecule has 2 rings (SSSR count). The van der Waals surface area contributed by atoms with E-state index in [0.717, 1.165) is 25.4 Å². The first kappa shape index (κ1) is 13.5. The molecule has 0 saturated heterocycles. The third-order valence-corrected chi connectivity index (χ3v) is 3.87. The molecule has 1 N–H and O–H groups in total. The topological polar surface area (TPSA) is 42.7 Å². The Bertz CT molecular complexity index is 343. The lowest BCUT2D eigenvalue weighted by Gasteiger charge is -2.30. The Balaban J connectivity index is 2.02. The highest BCUT2D eigenvalue weighted by molar-refractivity contribution is 5.03. The maximum absolute atomic E-state index is 4.21. The molecule has 0 radical (unpaired) electrons. The summed E-state index contributed by atoms with van der Waals surface area (Å²) in [6.07, 6.45) is 9.70. The molecule has 1 atom stereocenters. The van der Waals surface area contributed by atoms with Gasteiger partial charge in [0.05, 0.1) is 17.9 Å². The van der Waals surface area contributed by atoms with Crippen LogP contribution >= 0.6 is 0 Å². The van der Waals surface area contributed by atoms with E-state index in [1.54, 1.807) is 0 Å². The molecular weight excluding hydrogens is 224 g/mol. The maximum Gasteiger partial charge on any atom is 0.0756 e. The average Bonchev–Trinajstić information content (AvgIpc) is 2.76. The van der Waals surface area contributed by atoms with E-state index in [2.05, 4.69) is 34.2 Å². The number of nitrogens with zero attached hydrogens (tertiary/aromatic N) is 3. The van der Waals surface area contributed by atoms with Gasteiger partial charge >= 0.3 is 0 Å². The molecule has 1 saturated carbocycles. The molecule has 1 aliphatic rings. The van der Waals surface area contributed by atoms with Crippen molar-refractivity contribution in [1.29, 1.82) is 0 Å². The van der Waals surface area contributed by atoms with Crippen molar-refractivity contribution in [2.45, 2.75) is 65.0 Å². The summed E-state index contributed by atoms with van der Waals surface area (Å²) in [5.41, 5.74) is 1.28. The Morgan fingerprint density at radius 2 is 2.22 bits per heavy atom. The zero-order chi connectivity index (χ0) is 12.8. The molecule has 0 aliphatic heterocycles. The van der Waals surface area contributed by atoms with Gasteiger partial charge in [-0.1, -0.05) is 38.3 Å². The van der Waals surface area contributed by atoms with Gasteiger partial charge in [-0.25, -0.2) is 4.68 Å². The van der Waals surface area contributed by atoms with Crippen LogP contribution in [-0.4, -0.2) is 21.5 Å². The van der Waals surface area contributed by atoms with Crippen molar-refractivity contribution >= 4 is 0 Å². The van der Waals surface area contributed by atoms with Crippen molar-refractivity contribution in [2.75, 3.05) is 6.54 Å². The summed E-state index contributed by atoms with van der Waals surface area (Å²) in [4.78, 5) is 0. The molecule has 0 spiro atoms. The highest BCUT2D eigenvalue weighted by Gasteiger charge is 2.24. The van der Waals surface area contributed by atoms with Crippen LogP contribution in [0.4, 0.5) is 0 Å². The van der Waals surface area contributed by atoms with Gasteiger partial charge in [0, 0.05) is 6.54 Å². The lowest BCUT2D eigenvalue weighted by atomic mass is 9.80. The normalized spacial score (nSPS) is 17.7. The second kappa shape index (κ2) is 6.88. The fourth-order valence-electron chi connectivity index (χ4n) is 2.61. The van der Waals surface area contributed by atoms with Gasteiger partial charge in [0.25, 0.3) is 0 Å². The second-order valence-electron chi connectivity index (χ2n) is 5.42. The van der Waals surface area contributed by atoms with Crippen molar-refractivity contribution in [1.82, 2.24) is 20.3 Å². The molecule has 0 aromatic carbocycles. The molecular formula is C14H26N4. The van der Waals surface area contributed by atoms with Gasteiger partial charge in [-0.05, 0) is 31.7 Å². The zero-order valence-corrected chi connectivity index (χ0v) is 11.7. The summed E-state index contributed by atoms with van der Waals surface area (Å²) in [6, 6.07) is 0.441. The number of hydrogen-bond acceptors (Lipinski definition) is 3. The molecule has 4 heteroatoms. The van der Waals surface area contributed by atoms with Crippen molar-refractivity contribution in [3.63, 3.8) is 0 Å². The molecule has 1 aromatic rings. The number of hydrogen-bond donors (Lipinski definition) is 1. The highest BCUT2D eigenvalue weighted by atomic mass is 15.4. The second-order valence-corrected chi connectivity index (χ2v) is 5.42. The van der Waals surface area contributed by atoms with Gasteiger partial charge in [0.1, 0.15) is 0 Å². The maximum atomic E-state index is 4.21. The summed E-state index contributed by atoms with van der Waals surface area (Å²) in [5, 5.41) is 12.0. The van der Waals surface area contributed by atoms with Gasteiger partial charge in [0.15, 0.2) is 0 Å². The third kappa shape index (κ3) is 3.31. The van der Waals surface area contributed by atoms with E-state index in [4.69, 9.17) is 0 Å². The molecule has 4 nitrogen and oxygen atoms in total. The molecule has 1 unspecified atom stereocenters. The highest BCUT2D eigenvalue weighted by Crippen LogP contribution is 2.34. The van der Waals surface area contributed by atoms with E-state index in [9.17, 15) is 0 Å². The van der Waals surface area contributed by atoms with E-state index in [1.165, 1.54) is 37.8 Å². The molecule has 1 aromatic heterocycles. The quantitative estimate of drug-likeness (QED) is 0.771. The van der Waals surface area contributed by atoms with Crippen LogP contribution in [0.15, 0.2) is 6.20 Å². The van der Waals surface area contributed by atoms with Crippen LogP contribution in [0.5, 0.6) is 0 Å². The molecule has 0 bridgehead atoms. The summed E-state index contributed by atoms with van der Waals surface area (Å²) in [5.74, 6) is 0.907. The summed E-state index contributed by atoms with van der Waals surface area (Å²) >= 11 is 0. The Hall–Kier alpha value is -0.900. The first-order valence-electron chi connectivity index (χ1n) is 7.46. The number of rotatable bonds is 8. The Kier molecular flexibility index (Phi) is 5.17. The van der Waals surface area contributed by atoms with E-state index in [-0.39, 0.29) is 0 Å². The average molecular weight is 250 g/mol. The van der Waals surface area contributed by atoms with Crippen LogP contribution in [0.25, 0.3) is 0 Å². The fraction of sp³-hybridized carbons (Fsp3) is 0.857. The zero-order valence-electron chi connectivity index (χ0n) is 11.7. The first-order valence-corrected chi connectivity index (χ1v) is 7.46. The Morgan fingerprint density at radius 1 is 1.39 bits per heavy atom. The van der Waals surface area contributed by atoms with Crippen LogP contribution in [-0.2, 0) is 6.54 Å². The lowest BCUT2D eigenvalue weighted by Crippen LogP contribution is -2.28. The fourth-order valence-corrected chi connectivity index (χ4v) is 2.61. The smallest absolute Gasteiger partial charge is 0.0756 e. The lowest BCUT2D eigenvalue weighted by molar-refractivity contribution is 0.255. The van der Waals surface area contributed by atoms with Crippen molar-refractivity contribution in [2.24, 2.45) is 5.92 Å². The molecule has 1 aliphatic carbocycles. The van der Waals surface area contributed by atoms with Crippen LogP contribution in [0.3, 0.4) is 0 Å². The molecule has 0 amide bonds. The standard InChI is InChI=1S/C14H26N4/c1-3-8-15-13(10-12-6-5-7-12)14-11-16-17-18(14)9-4-2/h11-13,15H,3-10H2,1-2H3. The molecule has 1 heterocycles. The van der Waals surface area contributed by atoms with Crippen LogP contribution < -0.4 is 5.32 Å². The minimum Gasteiger partial charge on any atom is -0.309 e. The SMILES string of the molecule is CCCNC(CC1CCC1)c1cnnn1CCC. The van der Waals surface area contributed by atoms with Crippen molar-refractivity contribution in [3.8, 4) is 0 Å². The van der Waals surface area contributed by atoms with Crippen LogP contribution in [0.2, 0.25) is 0 Å². The number of nitrogens with one attached hydrogen (secondary N) is 1. The predicted octanol–water partition coefficient (Wildman–Crippen LogP) is 2.92. The van der Waals surface area contributed by atoms with Gasteiger partial charge in [-0.15, -0.1) is 5.10 Å². The van der Waals surface area contributed by atoms with Gasteiger partial charge in [0.2, 0.25) is 0 Å². The van der Waals surface area contributed by atoms with Gasteiger partial charge in [-0.2, -0.15) is 0 Å². The summed E-state index contributed by atoms with van der Waals surface area (Å²) in [7, 11) is 0. The summed E-state index contributed by atoms with van der Waals surface area (Å²) < 4.78 is 2.08. The van der Waals surface area contributed by atoms with Crippen LogP contribution in [0.1, 0.15) is 64.1 Å². The third-order valence-electron chi connectivity index (χ3n) is 3.87. The van der Waals surface area contributed by atoms with E-state index >= 15 is 0 Å². The molecule has 18 heavy (non-hydrogen) atoms. The van der Waals surface area contributed by atoms with Crippen molar-refractivity contribution in [3.05, 3.63) is 11.9 Å². The number of aromatic nitrogens is 3. The first-order chi connectivity index (χ1) is 8.85. The summed E-state index contributed by atoms with van der Waals surface area (Å²) in [6.45, 7) is 6.46. The van der Waals surface area contributed by atoms with Gasteiger partial charge < -0.3 is 5.32 Å². The molecule has 102 valence electrons. The van der Waals surface area contributed by atoms with Gasteiger partial charge in [-0.3, -0.25) is 0 Å². The van der Waals surface area contributed by atoms with E-state index in [0.29, 0.717) is 6.04 Å². The predicted molar refractivity (Wildman–Crippen MR) is 73.3 cm³/mol. The minimum absolute atomic E-state index is 0.441. The van der Waals surface area contributed by atoms with Crippen LogP contribution in [0, 0.1) is 5.92 Å². The largest absolute Gasteiger partial charge is 0.309 e. The van der Waals surface area contributed by atoms with E-state index < -0.39 is 0 Å². The van der Waals surface area contributed by atoms with E-state index in [1.807, 2.05) is 6.20 Å². The Morgan fingerprint density at radius 3 is 2.83 bits per heavy atom. The number of aryl methyl sites for hydroxylation is 1. The Labute approximate surface area is 110 Å². The monoisotopic (exact) mass is 250 g/mol. The van der Waals surface area contributed by atoms with Crippen molar-refractivity contribution < 1.29 is 0 Å².